The van der Waals surface area contributed by atoms with E-state index in [1.807, 2.05) is 0 Å². The second-order valence-electron chi connectivity index (χ2n) is 11.4. The van der Waals surface area contributed by atoms with E-state index < -0.39 is 0 Å². The number of nitrogens with zero attached hydrogens (tertiary/aromatic N) is 3. The third-order valence-corrected chi connectivity index (χ3v) is 8.24. The minimum atomic E-state index is 0. The Hall–Kier alpha value is 5.46. The Morgan fingerprint density at radius 2 is 1.23 bits per heavy atom. The van der Waals surface area contributed by atoms with Gasteiger partial charge in [0.2, 0.25) is 0 Å². The third kappa shape index (κ3) is 16.4. The van der Waals surface area contributed by atoms with Crippen LogP contribution >= 0.6 is 0 Å². The molecule has 5 aliphatic heterocycles. The van der Waals surface area contributed by atoms with Crippen molar-refractivity contribution in [3.8, 4) is 0 Å². The van der Waals surface area contributed by atoms with Crippen LogP contribution in [-0.4, -0.2) is 66.6 Å². The molecule has 0 amide bonds. The van der Waals surface area contributed by atoms with E-state index in [9.17, 15) is 0 Å². The van der Waals surface area contributed by atoms with Gasteiger partial charge in [-0.05, 0) is 83.1 Å². The quantitative estimate of drug-likeness (QED) is 0.224. The summed E-state index contributed by atoms with van der Waals surface area (Å²) in [5.74, 6) is 0. The fourth-order valence-corrected chi connectivity index (χ4v) is 6.18. The smallest absolute Gasteiger partial charge is 0.0295 e. The van der Waals surface area contributed by atoms with Crippen LogP contribution in [0.4, 0.5) is 0 Å². The molecule has 208 valence electrons. The van der Waals surface area contributed by atoms with Gasteiger partial charge >= 0.3 is 0 Å². The molecule has 1 saturated carbocycles. The first kappa shape index (κ1) is 56.8. The van der Waals surface area contributed by atoms with E-state index in [0.29, 0.717) is 5.41 Å². The van der Waals surface area contributed by atoms with Gasteiger partial charge in [0.1, 0.15) is 0 Å². The summed E-state index contributed by atoms with van der Waals surface area (Å²) in [7, 11) is 6.67. The average molecular weight is 988 g/mol. The molecule has 3 nitrogen and oxygen atoms in total. The summed E-state index contributed by atoms with van der Waals surface area (Å²) in [6.45, 7) is 9.37. The number of rotatable bonds is 0. The van der Waals surface area contributed by atoms with Crippen LogP contribution in [0.2, 0.25) is 0 Å². The zero-order valence-electron chi connectivity index (χ0n) is 26.7. The molecule has 1 aromatic carbocycles. The van der Waals surface area contributed by atoms with E-state index in [-0.39, 0.29) is 219 Å². The summed E-state index contributed by atoms with van der Waals surface area (Å²) in [5, 5.41) is 0. The van der Waals surface area contributed by atoms with Gasteiger partial charge in [-0.1, -0.05) is 49.8 Å². The minimum Gasteiger partial charge on any atom is -0.358 e. The SMILES string of the molecule is CC1=CC2CC(C1)N2C.CN1C2CC1CC(C)(C)C2.CN1CCc2ccccc2C1.[CH3-].[CH3-].[CH3-].[Y].[Y].[Y].[Y].[Y].[Y]. The van der Waals surface area contributed by atoms with Gasteiger partial charge in [0.15, 0.2) is 0 Å². The fraction of sp³-hybridized carbons (Fsp3) is 0.633. The molecule has 4 unspecified atom stereocenters. The maximum absolute atomic E-state index is 2.55. The van der Waals surface area contributed by atoms with Gasteiger partial charge in [-0.3, -0.25) is 4.90 Å². The summed E-state index contributed by atoms with van der Waals surface area (Å²) < 4.78 is 0. The normalized spacial score (nSPS) is 26.2. The number of hydrogen-bond donors (Lipinski definition) is 0. The largest absolute Gasteiger partial charge is 0.358 e. The van der Waals surface area contributed by atoms with Crippen molar-refractivity contribution in [3.05, 3.63) is 69.3 Å². The zero-order valence-corrected chi connectivity index (χ0v) is 43.7. The van der Waals surface area contributed by atoms with Crippen molar-refractivity contribution in [2.75, 3.05) is 27.7 Å². The van der Waals surface area contributed by atoms with Crippen LogP contribution in [-0.2, 0) is 209 Å². The first-order chi connectivity index (χ1) is 14.2. The van der Waals surface area contributed by atoms with Gasteiger partial charge in [-0.2, -0.15) is 0 Å². The number of benzene rings is 1. The summed E-state index contributed by atoms with van der Waals surface area (Å²) >= 11 is 0. The molecule has 0 spiro atoms. The summed E-state index contributed by atoms with van der Waals surface area (Å²) in [5.41, 5.74) is 5.27. The summed E-state index contributed by atoms with van der Waals surface area (Å²) in [6.07, 6.45) is 10.6. The summed E-state index contributed by atoms with van der Waals surface area (Å²) in [4.78, 5) is 7.38. The molecular formula is C30H52N3Y6-3. The van der Waals surface area contributed by atoms with Gasteiger partial charge in [0.05, 0.1) is 0 Å². The molecule has 5 heterocycles. The van der Waals surface area contributed by atoms with Crippen molar-refractivity contribution in [3.63, 3.8) is 0 Å². The van der Waals surface area contributed by atoms with Gasteiger partial charge < -0.3 is 32.1 Å². The van der Waals surface area contributed by atoms with Crippen molar-refractivity contribution < 1.29 is 196 Å². The van der Waals surface area contributed by atoms with Gasteiger partial charge in [-0.15, -0.1) is 0 Å². The van der Waals surface area contributed by atoms with Gasteiger partial charge in [-0.25, -0.2) is 0 Å². The van der Waals surface area contributed by atoms with Crippen molar-refractivity contribution in [1.82, 2.24) is 14.7 Å². The van der Waals surface area contributed by atoms with Crippen LogP contribution < -0.4 is 0 Å². The van der Waals surface area contributed by atoms with E-state index in [0.717, 1.165) is 30.7 Å². The number of piperidine rings is 1. The van der Waals surface area contributed by atoms with Crippen LogP contribution in [0.3, 0.4) is 0 Å². The van der Waals surface area contributed by atoms with E-state index in [2.05, 4.69) is 87.0 Å². The molecule has 2 aliphatic carbocycles. The predicted octanol–water partition coefficient (Wildman–Crippen LogP) is 6.30. The zero-order chi connectivity index (χ0) is 21.5. The topological polar surface area (TPSA) is 9.72 Å². The van der Waals surface area contributed by atoms with Crippen molar-refractivity contribution in [2.45, 2.75) is 90.0 Å². The van der Waals surface area contributed by atoms with E-state index in [4.69, 9.17) is 0 Å². The van der Waals surface area contributed by atoms with E-state index >= 15 is 0 Å². The van der Waals surface area contributed by atoms with E-state index in [1.54, 1.807) is 5.57 Å². The molecule has 4 fully saturated rings. The standard InChI is InChI=1S/C10H13N.C9H17N.C8H13N.3CH3.6Y/c1-11-7-6-9-4-2-3-5-10(9)8-11;1-9(2)5-7-4-8(6-9)10(7)3;1-6-3-7-5-8(4-6)9(7)2;;;;;;;;;/h2-5H,6-8H2,1H3;7-8H,4-6H2,1-3H3;3,7-8H,4-5H2,1-2H3;3*1H3;;;;;;/q;;;3*-1;;;;;;. The number of fused-ring (bicyclic) bond motifs is 4. The molecule has 3 saturated heterocycles. The Morgan fingerprint density at radius 1 is 0.718 bits per heavy atom. The maximum atomic E-state index is 2.55. The monoisotopic (exact) mass is 988 g/mol. The molecule has 8 rings (SSSR count). The molecule has 7 aliphatic rings. The van der Waals surface area contributed by atoms with Crippen LogP contribution in [0.25, 0.3) is 0 Å². The Labute approximate surface area is 395 Å². The van der Waals surface area contributed by atoms with Crippen molar-refractivity contribution in [1.29, 1.82) is 0 Å². The Morgan fingerprint density at radius 3 is 1.62 bits per heavy atom. The second kappa shape index (κ2) is 26.4. The van der Waals surface area contributed by atoms with Crippen LogP contribution in [0.15, 0.2) is 35.9 Å². The van der Waals surface area contributed by atoms with Crippen molar-refractivity contribution >= 4 is 0 Å². The number of hydrogen-bond acceptors (Lipinski definition) is 3. The molecule has 4 bridgehead atoms. The van der Waals surface area contributed by atoms with Crippen LogP contribution in [0, 0.1) is 27.7 Å². The molecule has 0 aromatic heterocycles. The second-order valence-corrected chi connectivity index (χ2v) is 11.4. The Bertz CT molecular complexity index is 778. The predicted molar refractivity (Wildman–Crippen MR) is 147 cm³/mol. The molecule has 9 heteroatoms. The third-order valence-electron chi connectivity index (χ3n) is 8.24. The fourth-order valence-electron chi connectivity index (χ4n) is 6.18. The molecule has 6 radical (unpaired) electrons. The first-order valence-electron chi connectivity index (χ1n) is 12.1. The van der Waals surface area contributed by atoms with Gasteiger partial charge in [0, 0.05) is 234 Å². The molecule has 0 N–H and O–H groups in total. The minimum absolute atomic E-state index is 0. The van der Waals surface area contributed by atoms with Crippen molar-refractivity contribution in [2.24, 2.45) is 5.41 Å². The Kier molecular flexibility index (Phi) is 38.5. The molecule has 1 aromatic rings. The first-order valence-corrected chi connectivity index (χ1v) is 12.1. The number of likely N-dealkylation sites (N-methyl/N-ethyl adjacent to an activating group) is 2. The maximum Gasteiger partial charge on any atom is 0.0295 e. The molecule has 4 atom stereocenters. The van der Waals surface area contributed by atoms with E-state index in [1.165, 1.54) is 56.2 Å². The summed E-state index contributed by atoms with van der Waals surface area (Å²) in [6, 6.07) is 12.3. The molecular weight excluding hydrogens is 936 g/mol. The molecule has 39 heavy (non-hydrogen) atoms. The average Bonchev–Trinajstić information content (AvgIpc) is 2.73. The van der Waals surface area contributed by atoms with Gasteiger partial charge in [0.25, 0.3) is 0 Å². The van der Waals surface area contributed by atoms with Crippen LogP contribution in [0.1, 0.15) is 64.0 Å². The Balaban J connectivity index is -0.0000000942. The van der Waals surface area contributed by atoms with Crippen LogP contribution in [0.5, 0.6) is 0 Å².